The minimum Gasteiger partial charge on any atom is -0.369 e. The van der Waals surface area contributed by atoms with Gasteiger partial charge < -0.3 is 11.1 Å². The number of nitrogens with two attached hydrogens (primary N) is 1. The molecule has 0 fully saturated rings. The van der Waals surface area contributed by atoms with Gasteiger partial charge in [-0.2, -0.15) is 0 Å². The molecule has 0 saturated carbocycles. The fourth-order valence-electron chi connectivity index (χ4n) is 1.51. The van der Waals surface area contributed by atoms with Crippen molar-refractivity contribution in [3.8, 4) is 0 Å². The second kappa shape index (κ2) is 6.52. The van der Waals surface area contributed by atoms with Gasteiger partial charge in [0.05, 0.1) is 28.8 Å². The van der Waals surface area contributed by atoms with Gasteiger partial charge in [-0.15, -0.1) is 12.4 Å². The molecule has 0 spiro atoms. The summed E-state index contributed by atoms with van der Waals surface area (Å²) < 4.78 is 0. The molecule has 0 bridgehead atoms. The minimum absolute atomic E-state index is 0. The quantitative estimate of drug-likeness (QED) is 0.821. The van der Waals surface area contributed by atoms with Crippen LogP contribution in [0.25, 0.3) is 0 Å². The van der Waals surface area contributed by atoms with Crippen LogP contribution in [-0.4, -0.2) is 30.0 Å². The molecule has 1 heterocycles. The molecular formula is C10H10Cl4N4O. The van der Waals surface area contributed by atoms with E-state index in [-0.39, 0.29) is 28.4 Å². The van der Waals surface area contributed by atoms with E-state index in [0.29, 0.717) is 23.8 Å². The van der Waals surface area contributed by atoms with Crippen molar-refractivity contribution in [2.24, 2.45) is 10.7 Å². The molecule has 3 N–H and O–H groups in total. The molecule has 1 aliphatic heterocycles. The zero-order valence-electron chi connectivity index (χ0n) is 9.49. The van der Waals surface area contributed by atoms with Crippen molar-refractivity contribution in [3.63, 3.8) is 0 Å². The number of urea groups is 1. The second-order valence-electron chi connectivity index (χ2n) is 3.57. The topological polar surface area (TPSA) is 70.7 Å². The molecule has 1 aliphatic rings. The molecule has 19 heavy (non-hydrogen) atoms. The van der Waals surface area contributed by atoms with E-state index in [2.05, 4.69) is 10.3 Å². The average Bonchev–Trinajstić information content (AvgIpc) is 2.69. The SMILES string of the molecule is Cl.NC1=NCCN1C(=O)Nc1c(Cl)cc(Cl)cc1Cl. The number of guanidine groups is 1. The Labute approximate surface area is 131 Å². The third-order valence-corrected chi connectivity index (χ3v) is 3.17. The van der Waals surface area contributed by atoms with Crippen LogP contribution in [0.15, 0.2) is 17.1 Å². The molecule has 1 aromatic carbocycles. The number of rotatable bonds is 1. The lowest BCUT2D eigenvalue weighted by Crippen LogP contribution is -2.41. The van der Waals surface area contributed by atoms with Crippen LogP contribution in [0.1, 0.15) is 0 Å². The minimum atomic E-state index is -0.431. The first kappa shape index (κ1) is 16.2. The Morgan fingerprint density at radius 1 is 1.32 bits per heavy atom. The largest absolute Gasteiger partial charge is 0.369 e. The van der Waals surface area contributed by atoms with Crippen LogP contribution < -0.4 is 11.1 Å². The number of benzene rings is 1. The van der Waals surface area contributed by atoms with Crippen molar-refractivity contribution >= 4 is 64.9 Å². The highest BCUT2D eigenvalue weighted by Gasteiger charge is 2.22. The van der Waals surface area contributed by atoms with E-state index in [0.717, 1.165) is 0 Å². The molecule has 104 valence electrons. The first-order valence-corrected chi connectivity index (χ1v) is 6.15. The van der Waals surface area contributed by atoms with E-state index in [1.807, 2.05) is 0 Å². The first-order valence-electron chi connectivity index (χ1n) is 5.02. The lowest BCUT2D eigenvalue weighted by molar-refractivity contribution is 0.236. The summed E-state index contributed by atoms with van der Waals surface area (Å²) in [5.74, 6) is 0.175. The standard InChI is InChI=1S/C10H9Cl3N4O.ClH/c11-5-3-6(12)8(7(13)4-5)16-10(18)17-2-1-15-9(17)14;/h3-4H,1-2H2,(H2,14,15)(H,16,18);1H. The number of halogens is 4. The molecule has 0 atom stereocenters. The number of nitrogens with one attached hydrogen (secondary N) is 1. The molecular weight excluding hydrogens is 334 g/mol. The van der Waals surface area contributed by atoms with Gasteiger partial charge >= 0.3 is 6.03 Å². The molecule has 0 aliphatic carbocycles. The summed E-state index contributed by atoms with van der Waals surface area (Å²) in [5, 5.41) is 3.49. The Kier molecular flexibility index (Phi) is 5.55. The van der Waals surface area contributed by atoms with Crippen molar-refractivity contribution in [1.82, 2.24) is 4.90 Å². The van der Waals surface area contributed by atoms with Gasteiger partial charge in [0.15, 0.2) is 5.96 Å². The first-order chi connectivity index (χ1) is 8.49. The van der Waals surface area contributed by atoms with Gasteiger partial charge in [0.2, 0.25) is 0 Å². The molecule has 5 nitrogen and oxygen atoms in total. The van der Waals surface area contributed by atoms with Crippen LogP contribution >= 0.6 is 47.2 Å². The number of carbonyl (C=O) groups excluding carboxylic acids is 1. The summed E-state index contributed by atoms with van der Waals surface area (Å²) >= 11 is 17.7. The van der Waals surface area contributed by atoms with E-state index in [1.54, 1.807) is 0 Å². The van der Waals surface area contributed by atoms with E-state index in [4.69, 9.17) is 40.5 Å². The van der Waals surface area contributed by atoms with Crippen LogP contribution in [-0.2, 0) is 0 Å². The van der Waals surface area contributed by atoms with E-state index >= 15 is 0 Å². The van der Waals surface area contributed by atoms with Gasteiger partial charge in [-0.1, -0.05) is 34.8 Å². The number of anilines is 1. The molecule has 0 unspecified atom stereocenters. The monoisotopic (exact) mass is 342 g/mol. The van der Waals surface area contributed by atoms with Gasteiger partial charge in [0.1, 0.15) is 0 Å². The predicted molar refractivity (Wildman–Crippen MR) is 80.9 cm³/mol. The van der Waals surface area contributed by atoms with Crippen LogP contribution in [0.2, 0.25) is 15.1 Å². The maximum Gasteiger partial charge on any atom is 0.328 e. The molecule has 1 aromatic rings. The van der Waals surface area contributed by atoms with Gasteiger partial charge in [-0.25, -0.2) is 4.79 Å². The van der Waals surface area contributed by atoms with Crippen molar-refractivity contribution in [2.45, 2.75) is 0 Å². The highest BCUT2D eigenvalue weighted by molar-refractivity contribution is 6.42. The highest BCUT2D eigenvalue weighted by Crippen LogP contribution is 2.33. The smallest absolute Gasteiger partial charge is 0.328 e. The Bertz CT molecular complexity index is 511. The lowest BCUT2D eigenvalue weighted by Gasteiger charge is -2.17. The number of hydrogen-bond donors (Lipinski definition) is 2. The summed E-state index contributed by atoms with van der Waals surface area (Å²) in [4.78, 5) is 17.1. The van der Waals surface area contributed by atoms with E-state index < -0.39 is 6.03 Å². The highest BCUT2D eigenvalue weighted by atomic mass is 35.5. The third kappa shape index (κ3) is 3.57. The van der Waals surface area contributed by atoms with Gasteiger partial charge in [0.25, 0.3) is 0 Å². The lowest BCUT2D eigenvalue weighted by atomic mass is 10.3. The maximum atomic E-state index is 11.9. The number of carbonyl (C=O) groups is 1. The van der Waals surface area contributed by atoms with Crippen molar-refractivity contribution in [3.05, 3.63) is 27.2 Å². The zero-order chi connectivity index (χ0) is 13.3. The number of amides is 2. The van der Waals surface area contributed by atoms with Gasteiger partial charge in [0, 0.05) is 5.02 Å². The molecule has 0 saturated heterocycles. The van der Waals surface area contributed by atoms with E-state index in [9.17, 15) is 4.79 Å². The van der Waals surface area contributed by atoms with Crippen LogP contribution in [0.4, 0.5) is 10.5 Å². The second-order valence-corrected chi connectivity index (χ2v) is 4.82. The molecule has 9 heteroatoms. The number of aliphatic imine (C=N–C) groups is 1. The summed E-state index contributed by atoms with van der Waals surface area (Å²) in [6.45, 7) is 0.918. The third-order valence-electron chi connectivity index (χ3n) is 2.36. The Morgan fingerprint density at radius 2 is 1.89 bits per heavy atom. The normalized spacial score (nSPS) is 13.8. The van der Waals surface area contributed by atoms with Gasteiger partial charge in [-0.3, -0.25) is 9.89 Å². The Hall–Kier alpha value is -0.880. The fraction of sp³-hybridized carbons (Fsp3) is 0.200. The summed E-state index contributed by atoms with van der Waals surface area (Å²) in [7, 11) is 0. The molecule has 2 rings (SSSR count). The molecule has 0 radical (unpaired) electrons. The van der Waals surface area contributed by atoms with Crippen LogP contribution in [0.3, 0.4) is 0 Å². The summed E-state index contributed by atoms with van der Waals surface area (Å²) in [6.07, 6.45) is 0. The predicted octanol–water partition coefficient (Wildman–Crippen LogP) is 3.23. The molecule has 0 aromatic heterocycles. The summed E-state index contributed by atoms with van der Waals surface area (Å²) in [6, 6.07) is 2.55. The number of nitrogens with zero attached hydrogens (tertiary/aromatic N) is 2. The van der Waals surface area contributed by atoms with Crippen LogP contribution in [0, 0.1) is 0 Å². The fourth-order valence-corrected chi connectivity index (χ4v) is 2.42. The Morgan fingerprint density at radius 3 is 2.37 bits per heavy atom. The Balaban J connectivity index is 0.00000180. The summed E-state index contributed by atoms with van der Waals surface area (Å²) in [5.41, 5.74) is 5.86. The number of hydrogen-bond acceptors (Lipinski definition) is 3. The average molecular weight is 344 g/mol. The van der Waals surface area contributed by atoms with Crippen LogP contribution in [0.5, 0.6) is 0 Å². The maximum absolute atomic E-state index is 11.9. The van der Waals surface area contributed by atoms with Crippen molar-refractivity contribution < 1.29 is 4.79 Å². The van der Waals surface area contributed by atoms with E-state index in [1.165, 1.54) is 17.0 Å². The molecule has 2 amide bonds. The van der Waals surface area contributed by atoms with Crippen molar-refractivity contribution in [1.29, 1.82) is 0 Å². The van der Waals surface area contributed by atoms with Crippen molar-refractivity contribution in [2.75, 3.05) is 18.4 Å². The zero-order valence-corrected chi connectivity index (χ0v) is 12.6. The van der Waals surface area contributed by atoms with Gasteiger partial charge in [-0.05, 0) is 12.1 Å².